The van der Waals surface area contributed by atoms with Crippen molar-refractivity contribution in [2.75, 3.05) is 7.05 Å². The second kappa shape index (κ2) is 5.58. The standard InChI is InChI=1S/C14H21N3O5/c1-8(10(18)16(3)9(2)11(19)20)17-12(21)14(15-13(17)22)6-4-5-7-14/h8-9H,4-7H2,1-3H3,(H,15,22)(H,19,20). The van der Waals surface area contributed by atoms with Gasteiger partial charge in [0.2, 0.25) is 5.91 Å². The molecule has 1 spiro atoms. The quantitative estimate of drug-likeness (QED) is 0.720. The molecular formula is C14H21N3O5. The van der Waals surface area contributed by atoms with E-state index >= 15 is 0 Å². The van der Waals surface area contributed by atoms with E-state index in [9.17, 15) is 19.2 Å². The fourth-order valence-corrected chi connectivity index (χ4v) is 3.07. The van der Waals surface area contributed by atoms with Gasteiger partial charge in [0, 0.05) is 7.05 Å². The summed E-state index contributed by atoms with van der Waals surface area (Å²) in [4.78, 5) is 50.0. The summed E-state index contributed by atoms with van der Waals surface area (Å²) < 4.78 is 0. The predicted molar refractivity (Wildman–Crippen MR) is 75.9 cm³/mol. The van der Waals surface area contributed by atoms with Gasteiger partial charge < -0.3 is 15.3 Å². The first-order valence-electron chi connectivity index (χ1n) is 7.36. The van der Waals surface area contributed by atoms with Crippen LogP contribution in [0.25, 0.3) is 0 Å². The van der Waals surface area contributed by atoms with E-state index in [2.05, 4.69) is 5.32 Å². The summed E-state index contributed by atoms with van der Waals surface area (Å²) in [5, 5.41) is 11.7. The number of nitrogens with one attached hydrogen (secondary N) is 1. The van der Waals surface area contributed by atoms with Gasteiger partial charge in [0.1, 0.15) is 17.6 Å². The Hall–Kier alpha value is -2.12. The Balaban J connectivity index is 2.17. The zero-order valence-corrected chi connectivity index (χ0v) is 13.0. The molecule has 2 aliphatic rings. The fourth-order valence-electron chi connectivity index (χ4n) is 3.07. The lowest BCUT2D eigenvalue weighted by Crippen LogP contribution is -2.53. The maximum absolute atomic E-state index is 12.6. The van der Waals surface area contributed by atoms with Crippen molar-refractivity contribution in [3.05, 3.63) is 0 Å². The molecule has 4 amide bonds. The summed E-state index contributed by atoms with van der Waals surface area (Å²) in [6.45, 7) is 2.82. The number of likely N-dealkylation sites (N-methyl/N-ethyl adjacent to an activating group) is 1. The number of urea groups is 1. The lowest BCUT2D eigenvalue weighted by atomic mass is 9.97. The van der Waals surface area contributed by atoms with E-state index < -0.39 is 35.5 Å². The van der Waals surface area contributed by atoms with Gasteiger partial charge in [0.25, 0.3) is 5.91 Å². The first-order chi connectivity index (χ1) is 10.2. The molecule has 1 aliphatic heterocycles. The third-order valence-electron chi connectivity index (χ3n) is 4.68. The molecule has 0 radical (unpaired) electrons. The molecule has 1 aliphatic carbocycles. The van der Waals surface area contributed by atoms with Crippen LogP contribution in [0.15, 0.2) is 0 Å². The zero-order valence-electron chi connectivity index (χ0n) is 13.0. The number of hydrogen-bond donors (Lipinski definition) is 2. The molecule has 2 atom stereocenters. The van der Waals surface area contributed by atoms with Gasteiger partial charge in [-0.25, -0.2) is 14.5 Å². The van der Waals surface area contributed by atoms with Crippen LogP contribution < -0.4 is 5.32 Å². The summed E-state index contributed by atoms with van der Waals surface area (Å²) in [5.74, 6) is -2.10. The van der Waals surface area contributed by atoms with E-state index in [-0.39, 0.29) is 5.91 Å². The van der Waals surface area contributed by atoms with Crippen molar-refractivity contribution in [1.29, 1.82) is 0 Å². The van der Waals surface area contributed by atoms with Crippen LogP contribution in [0, 0.1) is 0 Å². The average molecular weight is 311 g/mol. The summed E-state index contributed by atoms with van der Waals surface area (Å²) in [7, 11) is 1.35. The Morgan fingerprint density at radius 1 is 1.27 bits per heavy atom. The van der Waals surface area contributed by atoms with E-state index in [0.29, 0.717) is 12.8 Å². The molecule has 2 rings (SSSR count). The van der Waals surface area contributed by atoms with Crippen LogP contribution in [0.3, 0.4) is 0 Å². The molecule has 1 saturated carbocycles. The van der Waals surface area contributed by atoms with E-state index in [1.165, 1.54) is 20.9 Å². The second-order valence-electron chi connectivity index (χ2n) is 6.03. The Bertz CT molecular complexity index is 527. The first-order valence-corrected chi connectivity index (χ1v) is 7.36. The normalized spacial score (nSPS) is 22.6. The molecule has 2 unspecified atom stereocenters. The number of hydrogen-bond acceptors (Lipinski definition) is 4. The largest absolute Gasteiger partial charge is 0.480 e. The van der Waals surface area contributed by atoms with Crippen molar-refractivity contribution in [2.24, 2.45) is 0 Å². The van der Waals surface area contributed by atoms with E-state index in [1.54, 1.807) is 0 Å². The Labute approximate surface area is 128 Å². The highest BCUT2D eigenvalue weighted by atomic mass is 16.4. The number of nitrogens with zero attached hydrogens (tertiary/aromatic N) is 2. The highest BCUT2D eigenvalue weighted by Gasteiger charge is 2.54. The molecule has 0 aromatic carbocycles. The van der Waals surface area contributed by atoms with Crippen LogP contribution in [0.1, 0.15) is 39.5 Å². The lowest BCUT2D eigenvalue weighted by Gasteiger charge is -2.29. The molecular weight excluding hydrogens is 290 g/mol. The lowest BCUT2D eigenvalue weighted by molar-refractivity contribution is -0.151. The van der Waals surface area contributed by atoms with Crippen molar-refractivity contribution in [3.63, 3.8) is 0 Å². The van der Waals surface area contributed by atoms with E-state index in [1.807, 2.05) is 0 Å². The number of amides is 4. The first kappa shape index (κ1) is 16.3. The summed E-state index contributed by atoms with van der Waals surface area (Å²) in [5.41, 5.74) is -0.872. The second-order valence-corrected chi connectivity index (χ2v) is 6.03. The molecule has 0 aromatic heterocycles. The smallest absolute Gasteiger partial charge is 0.326 e. The van der Waals surface area contributed by atoms with Gasteiger partial charge in [-0.2, -0.15) is 0 Å². The molecule has 22 heavy (non-hydrogen) atoms. The van der Waals surface area contributed by atoms with E-state index in [4.69, 9.17) is 5.11 Å². The third-order valence-corrected chi connectivity index (χ3v) is 4.68. The summed E-state index contributed by atoms with van der Waals surface area (Å²) >= 11 is 0. The number of aliphatic carboxylic acids is 1. The molecule has 0 bridgehead atoms. The van der Waals surface area contributed by atoms with Crippen molar-refractivity contribution in [1.82, 2.24) is 15.1 Å². The SMILES string of the molecule is CC(C(=O)O)N(C)C(=O)C(C)N1C(=O)NC2(CCCC2)C1=O. The molecule has 0 aromatic rings. The average Bonchev–Trinajstić information content (AvgIpc) is 3.02. The number of carbonyl (C=O) groups excluding carboxylic acids is 3. The highest BCUT2D eigenvalue weighted by molar-refractivity contribution is 6.10. The zero-order chi connectivity index (χ0) is 16.7. The summed E-state index contributed by atoms with van der Waals surface area (Å²) in [6.07, 6.45) is 2.88. The van der Waals surface area contributed by atoms with Crippen molar-refractivity contribution >= 4 is 23.8 Å². The van der Waals surface area contributed by atoms with Gasteiger partial charge >= 0.3 is 12.0 Å². The monoisotopic (exact) mass is 311 g/mol. The number of carboxylic acids is 1. The minimum absolute atomic E-state index is 0.382. The van der Waals surface area contributed by atoms with Crippen LogP contribution >= 0.6 is 0 Å². The van der Waals surface area contributed by atoms with Crippen molar-refractivity contribution < 1.29 is 24.3 Å². The Kier molecular flexibility index (Phi) is 4.12. The summed E-state index contributed by atoms with van der Waals surface area (Å²) in [6, 6.07) is -2.64. The third kappa shape index (κ3) is 2.42. The molecule has 2 N–H and O–H groups in total. The fraction of sp³-hybridized carbons (Fsp3) is 0.714. The van der Waals surface area contributed by atoms with Gasteiger partial charge in [0.15, 0.2) is 0 Å². The number of carbonyl (C=O) groups is 4. The maximum atomic E-state index is 12.6. The predicted octanol–water partition coefficient (Wildman–Crippen LogP) is 0.171. The van der Waals surface area contributed by atoms with Crippen LogP contribution in [-0.2, 0) is 14.4 Å². The molecule has 1 saturated heterocycles. The number of imide groups is 1. The Morgan fingerprint density at radius 3 is 2.32 bits per heavy atom. The van der Waals surface area contributed by atoms with Crippen LogP contribution in [0.4, 0.5) is 4.79 Å². The minimum Gasteiger partial charge on any atom is -0.480 e. The van der Waals surface area contributed by atoms with Crippen LogP contribution in [0.2, 0.25) is 0 Å². The Morgan fingerprint density at radius 2 is 1.82 bits per heavy atom. The molecule has 8 nitrogen and oxygen atoms in total. The molecule has 1 heterocycles. The van der Waals surface area contributed by atoms with Gasteiger partial charge in [-0.3, -0.25) is 9.59 Å². The van der Waals surface area contributed by atoms with Crippen LogP contribution in [-0.4, -0.2) is 63.4 Å². The van der Waals surface area contributed by atoms with Gasteiger partial charge in [-0.15, -0.1) is 0 Å². The van der Waals surface area contributed by atoms with E-state index in [0.717, 1.165) is 22.6 Å². The van der Waals surface area contributed by atoms with Crippen molar-refractivity contribution in [3.8, 4) is 0 Å². The van der Waals surface area contributed by atoms with Gasteiger partial charge in [0.05, 0.1) is 0 Å². The topological polar surface area (TPSA) is 107 Å². The molecule has 122 valence electrons. The molecule has 8 heteroatoms. The number of rotatable bonds is 4. The van der Waals surface area contributed by atoms with Gasteiger partial charge in [-0.1, -0.05) is 12.8 Å². The van der Waals surface area contributed by atoms with Crippen molar-refractivity contribution in [2.45, 2.75) is 57.2 Å². The molecule has 2 fully saturated rings. The van der Waals surface area contributed by atoms with Gasteiger partial charge in [-0.05, 0) is 26.7 Å². The van der Waals surface area contributed by atoms with Crippen LogP contribution in [0.5, 0.6) is 0 Å². The minimum atomic E-state index is -1.15. The maximum Gasteiger partial charge on any atom is 0.326 e. The highest BCUT2D eigenvalue weighted by Crippen LogP contribution is 2.35. The number of carboxylic acid groups (broad SMARTS) is 1.